The maximum Gasteiger partial charge on any atom is 0.227 e. The van der Waals surface area contributed by atoms with Crippen LogP contribution in [0.2, 0.25) is 0 Å². The second kappa shape index (κ2) is 8.69. The predicted molar refractivity (Wildman–Crippen MR) is 113 cm³/mol. The molecule has 0 spiro atoms. The summed E-state index contributed by atoms with van der Waals surface area (Å²) in [4.78, 5) is 28.4. The Labute approximate surface area is 174 Å². The molecule has 3 aromatic rings. The van der Waals surface area contributed by atoms with Crippen LogP contribution in [-0.4, -0.2) is 58.5 Å². The Morgan fingerprint density at radius 1 is 1.20 bits per heavy atom. The number of nitrogens with zero attached hydrogens (tertiary/aromatic N) is 4. The summed E-state index contributed by atoms with van der Waals surface area (Å²) in [5.74, 6) is 1.54. The van der Waals surface area contributed by atoms with Gasteiger partial charge in [0.2, 0.25) is 11.8 Å². The van der Waals surface area contributed by atoms with Crippen LogP contribution < -0.4 is 9.64 Å². The standard InChI is InChI=1S/C22H26FN5O2/c1-15(2)13-30-21-11-20(25-14-26-21)27-5-7-28(8-6-27)22(29)9-16-12-24-19-4-3-17(23)10-18(16)19/h3-4,10-12,14-15,24H,5-9,13H2,1-2H3. The molecule has 4 rings (SSSR count). The van der Waals surface area contributed by atoms with E-state index in [1.807, 2.05) is 11.0 Å². The summed E-state index contributed by atoms with van der Waals surface area (Å²) in [7, 11) is 0. The topological polar surface area (TPSA) is 74.3 Å². The van der Waals surface area contributed by atoms with E-state index in [0.29, 0.717) is 44.6 Å². The molecule has 0 aliphatic carbocycles. The summed E-state index contributed by atoms with van der Waals surface area (Å²) in [6.45, 7) is 7.39. The predicted octanol–water partition coefficient (Wildman–Crippen LogP) is 3.02. The Kier molecular flexibility index (Phi) is 5.83. The Balaban J connectivity index is 1.35. The molecular formula is C22H26FN5O2. The summed E-state index contributed by atoms with van der Waals surface area (Å²) < 4.78 is 19.3. The third-order valence-electron chi connectivity index (χ3n) is 5.22. The molecule has 8 heteroatoms. The normalized spacial score (nSPS) is 14.5. The van der Waals surface area contributed by atoms with E-state index in [-0.39, 0.29) is 18.1 Å². The maximum absolute atomic E-state index is 13.6. The van der Waals surface area contributed by atoms with Crippen molar-refractivity contribution in [3.05, 3.63) is 48.2 Å². The molecule has 0 atom stereocenters. The number of piperazine rings is 1. The first kappa shape index (κ1) is 20.1. The van der Waals surface area contributed by atoms with Gasteiger partial charge in [0.05, 0.1) is 13.0 Å². The Bertz CT molecular complexity index is 1030. The molecule has 0 unspecified atom stereocenters. The molecule has 0 saturated carbocycles. The minimum Gasteiger partial charge on any atom is -0.477 e. The van der Waals surface area contributed by atoms with Crippen molar-refractivity contribution in [2.45, 2.75) is 20.3 Å². The number of fused-ring (bicyclic) bond motifs is 1. The minimum atomic E-state index is -0.300. The summed E-state index contributed by atoms with van der Waals surface area (Å²) in [5, 5.41) is 0.761. The molecule has 1 aromatic carbocycles. The van der Waals surface area contributed by atoms with Gasteiger partial charge in [-0.2, -0.15) is 0 Å². The fourth-order valence-corrected chi connectivity index (χ4v) is 3.59. The highest BCUT2D eigenvalue weighted by Gasteiger charge is 2.23. The first-order chi connectivity index (χ1) is 14.5. The van der Waals surface area contributed by atoms with Gasteiger partial charge in [0.25, 0.3) is 0 Å². The monoisotopic (exact) mass is 411 g/mol. The molecule has 0 bridgehead atoms. The van der Waals surface area contributed by atoms with Crippen molar-refractivity contribution >= 4 is 22.6 Å². The van der Waals surface area contributed by atoms with Crippen molar-refractivity contribution in [1.29, 1.82) is 0 Å². The molecule has 1 aliphatic rings. The SMILES string of the molecule is CC(C)COc1cc(N2CCN(C(=O)Cc3c[nH]c4ccc(F)cc34)CC2)ncn1. The van der Waals surface area contributed by atoms with E-state index in [9.17, 15) is 9.18 Å². The summed E-state index contributed by atoms with van der Waals surface area (Å²) in [6, 6.07) is 6.43. The van der Waals surface area contributed by atoms with Crippen molar-refractivity contribution in [3.8, 4) is 5.88 Å². The van der Waals surface area contributed by atoms with Gasteiger partial charge in [-0.15, -0.1) is 0 Å². The summed E-state index contributed by atoms with van der Waals surface area (Å²) >= 11 is 0. The first-order valence-corrected chi connectivity index (χ1v) is 10.2. The number of benzene rings is 1. The van der Waals surface area contributed by atoms with E-state index in [1.165, 1.54) is 18.5 Å². The highest BCUT2D eigenvalue weighted by atomic mass is 19.1. The summed E-state index contributed by atoms with van der Waals surface area (Å²) in [5.41, 5.74) is 1.66. The lowest BCUT2D eigenvalue weighted by Gasteiger charge is -2.35. The lowest BCUT2D eigenvalue weighted by atomic mass is 10.1. The van der Waals surface area contributed by atoms with Crippen LogP contribution in [0.5, 0.6) is 5.88 Å². The van der Waals surface area contributed by atoms with Gasteiger partial charge in [-0.05, 0) is 29.7 Å². The van der Waals surface area contributed by atoms with E-state index in [2.05, 4.69) is 33.7 Å². The lowest BCUT2D eigenvalue weighted by Crippen LogP contribution is -2.49. The molecule has 30 heavy (non-hydrogen) atoms. The third kappa shape index (κ3) is 4.53. The number of rotatable bonds is 6. The largest absolute Gasteiger partial charge is 0.477 e. The molecule has 1 N–H and O–H groups in total. The number of H-pyrrole nitrogens is 1. The number of amides is 1. The van der Waals surface area contributed by atoms with Crippen LogP contribution in [0.25, 0.3) is 10.9 Å². The highest BCUT2D eigenvalue weighted by Crippen LogP contribution is 2.22. The molecule has 1 saturated heterocycles. The average Bonchev–Trinajstić information content (AvgIpc) is 3.14. The van der Waals surface area contributed by atoms with Crippen molar-refractivity contribution in [1.82, 2.24) is 19.9 Å². The van der Waals surface area contributed by atoms with Crippen LogP contribution >= 0.6 is 0 Å². The number of carbonyl (C=O) groups is 1. The minimum absolute atomic E-state index is 0.0449. The van der Waals surface area contributed by atoms with Gasteiger partial charge in [0.15, 0.2) is 0 Å². The van der Waals surface area contributed by atoms with Crippen LogP contribution in [0.1, 0.15) is 19.4 Å². The Hall–Kier alpha value is -3.16. The van der Waals surface area contributed by atoms with Crippen molar-refractivity contribution in [3.63, 3.8) is 0 Å². The van der Waals surface area contributed by atoms with E-state index >= 15 is 0 Å². The van der Waals surface area contributed by atoms with Gasteiger partial charge in [0, 0.05) is 49.3 Å². The number of halogens is 1. The Morgan fingerprint density at radius 2 is 2.00 bits per heavy atom. The average molecular weight is 411 g/mol. The number of carbonyl (C=O) groups excluding carboxylic acids is 1. The molecule has 2 aromatic heterocycles. The van der Waals surface area contributed by atoms with Crippen molar-refractivity contribution < 1.29 is 13.9 Å². The summed E-state index contributed by atoms with van der Waals surface area (Å²) in [6.07, 6.45) is 3.56. The number of aromatic amines is 1. The van der Waals surface area contributed by atoms with Crippen molar-refractivity contribution in [2.75, 3.05) is 37.7 Å². The number of aromatic nitrogens is 3. The molecule has 1 amide bonds. The number of hydrogen-bond acceptors (Lipinski definition) is 5. The van der Waals surface area contributed by atoms with E-state index in [4.69, 9.17) is 4.74 Å². The zero-order chi connectivity index (χ0) is 21.1. The van der Waals surface area contributed by atoms with E-state index in [0.717, 1.165) is 22.3 Å². The fraction of sp³-hybridized carbons (Fsp3) is 0.409. The van der Waals surface area contributed by atoms with Crippen molar-refractivity contribution in [2.24, 2.45) is 5.92 Å². The molecule has 158 valence electrons. The molecule has 0 radical (unpaired) electrons. The molecule has 3 heterocycles. The maximum atomic E-state index is 13.6. The Morgan fingerprint density at radius 3 is 2.77 bits per heavy atom. The number of ether oxygens (including phenoxy) is 1. The fourth-order valence-electron chi connectivity index (χ4n) is 3.59. The molecule has 7 nitrogen and oxygen atoms in total. The van der Waals surface area contributed by atoms with Crippen LogP contribution in [-0.2, 0) is 11.2 Å². The van der Waals surface area contributed by atoms with E-state index in [1.54, 1.807) is 12.3 Å². The van der Waals surface area contributed by atoms with E-state index < -0.39 is 0 Å². The van der Waals surface area contributed by atoms with Crippen LogP contribution in [0, 0.1) is 11.7 Å². The van der Waals surface area contributed by atoms with Gasteiger partial charge in [-0.1, -0.05) is 13.8 Å². The zero-order valence-electron chi connectivity index (χ0n) is 17.3. The highest BCUT2D eigenvalue weighted by molar-refractivity contribution is 5.89. The van der Waals surface area contributed by atoms with Gasteiger partial charge in [-0.3, -0.25) is 4.79 Å². The van der Waals surface area contributed by atoms with Crippen LogP contribution in [0.15, 0.2) is 36.8 Å². The first-order valence-electron chi connectivity index (χ1n) is 10.2. The van der Waals surface area contributed by atoms with Gasteiger partial charge >= 0.3 is 0 Å². The second-order valence-corrected chi connectivity index (χ2v) is 7.97. The van der Waals surface area contributed by atoms with Crippen LogP contribution in [0.3, 0.4) is 0 Å². The molecule has 1 fully saturated rings. The second-order valence-electron chi connectivity index (χ2n) is 7.97. The number of nitrogens with one attached hydrogen (secondary N) is 1. The number of hydrogen-bond donors (Lipinski definition) is 1. The van der Waals surface area contributed by atoms with Crippen LogP contribution in [0.4, 0.5) is 10.2 Å². The lowest BCUT2D eigenvalue weighted by molar-refractivity contribution is -0.130. The molecule has 1 aliphatic heterocycles. The molecular weight excluding hydrogens is 385 g/mol. The van der Waals surface area contributed by atoms with Gasteiger partial charge in [0.1, 0.15) is 18.0 Å². The van der Waals surface area contributed by atoms with Gasteiger partial charge < -0.3 is 19.5 Å². The quantitative estimate of drug-likeness (QED) is 0.675. The smallest absolute Gasteiger partial charge is 0.227 e. The number of anilines is 1. The zero-order valence-corrected chi connectivity index (χ0v) is 17.3. The van der Waals surface area contributed by atoms with Gasteiger partial charge in [-0.25, -0.2) is 14.4 Å². The third-order valence-corrected chi connectivity index (χ3v) is 5.22.